The van der Waals surface area contributed by atoms with Crippen LogP contribution in [0.4, 0.5) is 4.79 Å². The zero-order valence-corrected chi connectivity index (χ0v) is 14.4. The van der Waals surface area contributed by atoms with Gasteiger partial charge in [-0.15, -0.1) is 0 Å². The summed E-state index contributed by atoms with van der Waals surface area (Å²) in [6.45, 7) is 1.57. The second-order valence-corrected chi connectivity index (χ2v) is 6.47. The maximum Gasteiger partial charge on any atom is 0.407 e. The van der Waals surface area contributed by atoms with Gasteiger partial charge in [-0.05, 0) is 30.5 Å². The molecule has 0 bridgehead atoms. The average Bonchev–Trinajstić information content (AvgIpc) is 3.14. The number of ether oxygens (including phenoxy) is 3. The number of fused-ring (bicyclic) bond motifs is 1. The molecular weight excluding hydrogens is 324 g/mol. The normalized spacial score (nSPS) is 17.6. The molecule has 3 rings (SSSR count). The smallest absolute Gasteiger partial charge is 0.407 e. The number of hydrogen-bond donors (Lipinski definition) is 2. The summed E-state index contributed by atoms with van der Waals surface area (Å²) in [6, 6.07) is 6.06. The Morgan fingerprint density at radius 2 is 1.84 bits per heavy atom. The molecule has 0 saturated heterocycles. The van der Waals surface area contributed by atoms with Crippen LogP contribution in [0.5, 0.6) is 11.5 Å². The van der Waals surface area contributed by atoms with E-state index in [9.17, 15) is 9.59 Å². The Labute approximate surface area is 147 Å². The van der Waals surface area contributed by atoms with Crippen molar-refractivity contribution in [2.24, 2.45) is 0 Å². The number of methoxy groups -OCH3 is 1. The van der Waals surface area contributed by atoms with Gasteiger partial charge in [0, 0.05) is 12.0 Å². The number of hydrogen-bond acceptors (Lipinski definition) is 5. The summed E-state index contributed by atoms with van der Waals surface area (Å²) in [5.41, 5.74) is 1.06. The maximum absolute atomic E-state index is 12.0. The maximum atomic E-state index is 12.0. The Kier molecular flexibility index (Phi) is 5.31. The van der Waals surface area contributed by atoms with Crippen molar-refractivity contribution < 1.29 is 23.8 Å². The highest BCUT2D eigenvalue weighted by molar-refractivity contribution is 5.82. The molecule has 0 aromatic heterocycles. The fourth-order valence-corrected chi connectivity index (χ4v) is 3.55. The van der Waals surface area contributed by atoms with Crippen LogP contribution in [0.25, 0.3) is 0 Å². The van der Waals surface area contributed by atoms with Gasteiger partial charge in [0.05, 0.1) is 13.7 Å². The number of amides is 2. The van der Waals surface area contributed by atoms with Gasteiger partial charge in [0.2, 0.25) is 5.91 Å². The summed E-state index contributed by atoms with van der Waals surface area (Å²) in [5, 5.41) is 5.33. The van der Waals surface area contributed by atoms with Crippen molar-refractivity contribution in [2.45, 2.75) is 31.1 Å². The minimum absolute atomic E-state index is 0.0934. The third-order valence-corrected chi connectivity index (χ3v) is 4.92. The first-order valence-electron chi connectivity index (χ1n) is 8.62. The summed E-state index contributed by atoms with van der Waals surface area (Å²) in [7, 11) is 1.27. The number of carbonyl (C=O) groups is 2. The molecule has 7 nitrogen and oxygen atoms in total. The Hall–Kier alpha value is -2.44. The van der Waals surface area contributed by atoms with Gasteiger partial charge in [-0.25, -0.2) is 4.79 Å². The SMILES string of the molecule is COC(=O)NCC(=O)NCC1(c2ccc3c(c2)OCCO3)CCCC1. The van der Waals surface area contributed by atoms with E-state index < -0.39 is 6.09 Å². The third-order valence-electron chi connectivity index (χ3n) is 4.92. The van der Waals surface area contributed by atoms with Gasteiger partial charge in [0.15, 0.2) is 11.5 Å². The van der Waals surface area contributed by atoms with Crippen LogP contribution in [0.2, 0.25) is 0 Å². The van der Waals surface area contributed by atoms with Crippen molar-refractivity contribution in [1.82, 2.24) is 10.6 Å². The van der Waals surface area contributed by atoms with Crippen molar-refractivity contribution in [2.75, 3.05) is 33.4 Å². The quantitative estimate of drug-likeness (QED) is 0.847. The first-order valence-corrected chi connectivity index (χ1v) is 8.62. The lowest BCUT2D eigenvalue weighted by molar-refractivity contribution is -0.120. The molecule has 0 radical (unpaired) electrons. The fraction of sp³-hybridized carbons (Fsp3) is 0.556. The highest BCUT2D eigenvalue weighted by atomic mass is 16.6. The molecule has 1 aromatic rings. The van der Waals surface area contributed by atoms with Gasteiger partial charge in [0.1, 0.15) is 13.2 Å². The van der Waals surface area contributed by atoms with Gasteiger partial charge < -0.3 is 24.8 Å². The molecule has 0 spiro atoms. The summed E-state index contributed by atoms with van der Waals surface area (Å²) in [5.74, 6) is 1.32. The molecule has 1 aliphatic carbocycles. The van der Waals surface area contributed by atoms with Gasteiger partial charge in [0.25, 0.3) is 0 Å². The van der Waals surface area contributed by atoms with E-state index in [-0.39, 0.29) is 17.9 Å². The van der Waals surface area contributed by atoms with Gasteiger partial charge in [-0.3, -0.25) is 4.79 Å². The van der Waals surface area contributed by atoms with Crippen molar-refractivity contribution in [3.63, 3.8) is 0 Å². The van der Waals surface area contributed by atoms with Gasteiger partial charge in [-0.2, -0.15) is 0 Å². The van der Waals surface area contributed by atoms with E-state index in [4.69, 9.17) is 9.47 Å². The predicted octanol–water partition coefficient (Wildman–Crippen LogP) is 1.74. The molecule has 1 aromatic carbocycles. The largest absolute Gasteiger partial charge is 0.486 e. The first kappa shape index (κ1) is 17.4. The van der Waals surface area contributed by atoms with Crippen LogP contribution >= 0.6 is 0 Å². The van der Waals surface area contributed by atoms with Crippen LogP contribution in [0.15, 0.2) is 18.2 Å². The zero-order chi connectivity index (χ0) is 17.7. The van der Waals surface area contributed by atoms with E-state index in [1.165, 1.54) is 7.11 Å². The summed E-state index contributed by atoms with van der Waals surface area (Å²) >= 11 is 0. The van der Waals surface area contributed by atoms with E-state index in [1.54, 1.807) is 0 Å². The molecule has 25 heavy (non-hydrogen) atoms. The van der Waals surface area contributed by atoms with Crippen LogP contribution in [-0.4, -0.2) is 45.4 Å². The lowest BCUT2D eigenvalue weighted by Crippen LogP contribution is -2.43. The third kappa shape index (κ3) is 3.97. The van der Waals surface area contributed by atoms with E-state index in [0.29, 0.717) is 19.8 Å². The Bertz CT molecular complexity index is 640. The number of nitrogens with one attached hydrogen (secondary N) is 2. The lowest BCUT2D eigenvalue weighted by Gasteiger charge is -2.31. The van der Waals surface area contributed by atoms with E-state index in [1.807, 2.05) is 12.1 Å². The molecule has 2 N–H and O–H groups in total. The van der Waals surface area contributed by atoms with Crippen molar-refractivity contribution in [3.05, 3.63) is 23.8 Å². The van der Waals surface area contributed by atoms with Crippen LogP contribution in [0, 0.1) is 0 Å². The molecule has 7 heteroatoms. The molecule has 1 saturated carbocycles. The number of alkyl carbamates (subject to hydrolysis) is 1. The topological polar surface area (TPSA) is 85.9 Å². The molecule has 1 fully saturated rings. The molecule has 136 valence electrons. The summed E-state index contributed by atoms with van der Waals surface area (Å²) < 4.78 is 15.8. The van der Waals surface area contributed by atoms with Crippen molar-refractivity contribution in [3.8, 4) is 11.5 Å². The molecule has 2 aliphatic rings. The molecular formula is C18H24N2O5. The van der Waals surface area contributed by atoms with E-state index in [2.05, 4.69) is 21.4 Å². The molecule has 0 atom stereocenters. The monoisotopic (exact) mass is 348 g/mol. The average molecular weight is 348 g/mol. The minimum atomic E-state index is -0.613. The van der Waals surface area contributed by atoms with Crippen LogP contribution < -0.4 is 20.1 Å². The highest BCUT2D eigenvalue weighted by Crippen LogP contribution is 2.43. The molecule has 0 unspecified atom stereocenters. The Morgan fingerprint density at radius 1 is 1.12 bits per heavy atom. The van der Waals surface area contributed by atoms with Crippen LogP contribution in [0.1, 0.15) is 31.2 Å². The zero-order valence-electron chi connectivity index (χ0n) is 14.4. The highest BCUT2D eigenvalue weighted by Gasteiger charge is 2.36. The predicted molar refractivity (Wildman–Crippen MR) is 91.0 cm³/mol. The fourth-order valence-electron chi connectivity index (χ4n) is 3.55. The molecule has 2 amide bonds. The molecule has 1 heterocycles. The van der Waals surface area contributed by atoms with Gasteiger partial charge in [-0.1, -0.05) is 18.9 Å². The number of carbonyl (C=O) groups excluding carboxylic acids is 2. The van der Waals surface area contributed by atoms with Crippen LogP contribution in [-0.2, 0) is 14.9 Å². The standard InChI is InChI=1S/C18H24N2O5/c1-23-17(22)19-11-16(21)20-12-18(6-2-3-7-18)13-4-5-14-15(10-13)25-9-8-24-14/h4-5,10H,2-3,6-9,11-12H2,1H3,(H,19,22)(H,20,21). The lowest BCUT2D eigenvalue weighted by atomic mass is 9.78. The molecule has 1 aliphatic heterocycles. The summed E-state index contributed by atoms with van der Waals surface area (Å²) in [4.78, 5) is 23.1. The minimum Gasteiger partial charge on any atom is -0.486 e. The number of benzene rings is 1. The van der Waals surface area contributed by atoms with Gasteiger partial charge >= 0.3 is 6.09 Å². The number of rotatable bonds is 5. The van der Waals surface area contributed by atoms with E-state index in [0.717, 1.165) is 42.7 Å². The second kappa shape index (κ2) is 7.63. The Morgan fingerprint density at radius 3 is 2.56 bits per heavy atom. The van der Waals surface area contributed by atoms with Crippen LogP contribution in [0.3, 0.4) is 0 Å². The first-order chi connectivity index (χ1) is 12.1. The van der Waals surface area contributed by atoms with Crippen molar-refractivity contribution in [1.29, 1.82) is 0 Å². The van der Waals surface area contributed by atoms with Crippen molar-refractivity contribution >= 4 is 12.0 Å². The second-order valence-electron chi connectivity index (χ2n) is 6.47. The summed E-state index contributed by atoms with van der Waals surface area (Å²) in [6.07, 6.45) is 3.67. The Balaban J connectivity index is 1.67. The van der Waals surface area contributed by atoms with E-state index >= 15 is 0 Å².